The summed E-state index contributed by atoms with van der Waals surface area (Å²) in [6.45, 7) is 4.27. The van der Waals surface area contributed by atoms with E-state index in [9.17, 15) is 10.1 Å². The average molecular weight is 699 g/mol. The normalized spacial score (nSPS) is 23.7. The van der Waals surface area contributed by atoms with Gasteiger partial charge in [0.25, 0.3) is 0 Å². The van der Waals surface area contributed by atoms with E-state index in [4.69, 9.17) is 29.7 Å². The molecule has 0 bridgehead atoms. The molecular formula is C35H42N10O4S. The number of nitrogens with one attached hydrogen (secondary N) is 2. The number of urea groups is 1. The molecule has 15 heteroatoms. The third-order valence-corrected chi connectivity index (χ3v) is 11.8. The number of nitrogens with zero attached hydrogens (tertiary/aromatic N) is 7. The molecule has 1 spiro atoms. The number of nitrogens with two attached hydrogens (primary N) is 1. The van der Waals surface area contributed by atoms with Crippen molar-refractivity contribution in [2.45, 2.75) is 94.8 Å². The van der Waals surface area contributed by atoms with Crippen LogP contribution in [0.1, 0.15) is 85.6 Å². The van der Waals surface area contributed by atoms with Crippen molar-refractivity contribution < 1.29 is 18.8 Å². The molecule has 2 aliphatic heterocycles. The summed E-state index contributed by atoms with van der Waals surface area (Å²) in [6, 6.07) is 5.77. The van der Waals surface area contributed by atoms with Gasteiger partial charge in [0.05, 0.1) is 17.1 Å². The first-order valence-corrected chi connectivity index (χ1v) is 18.4. The summed E-state index contributed by atoms with van der Waals surface area (Å²) in [5.41, 5.74) is 9.00. The Balaban J connectivity index is 1.14. The molecular weight excluding hydrogens is 657 g/mol. The standard InChI is InChI=1S/C35H42N10O4S/c1-20(24-9-5-14-44(24)2)48-28-17-27(45-15-11-26(42-45)39-34(46)38-19-21-7-6-16-47-21)40-33(41-28)30-22-8-3-12-35(31(22)49-43-30)13-4-10-25-29(35)23(18-36)32(37)50-25/h11,15,17,20-21,24H,3-10,12-14,16,19,37H2,1-2H3,(H2,38,39,42,46)/t20-,21-,24-,35?/m0/s1. The molecule has 4 aromatic rings. The number of thiophene rings is 1. The van der Waals surface area contributed by atoms with Gasteiger partial charge in [0.2, 0.25) is 5.88 Å². The van der Waals surface area contributed by atoms with Crippen LogP contribution in [-0.2, 0) is 23.0 Å². The maximum Gasteiger partial charge on any atom is 0.320 e. The van der Waals surface area contributed by atoms with Gasteiger partial charge in [-0.15, -0.1) is 16.4 Å². The number of fused-ring (bicyclic) bond motifs is 4. The molecule has 0 saturated carbocycles. The lowest BCUT2D eigenvalue weighted by Crippen LogP contribution is -2.38. The summed E-state index contributed by atoms with van der Waals surface area (Å²) in [7, 11) is 2.12. The van der Waals surface area contributed by atoms with Crippen molar-refractivity contribution in [3.05, 3.63) is 45.7 Å². The molecule has 6 heterocycles. The molecule has 2 fully saturated rings. The number of aryl methyl sites for hydroxylation is 1. The second-order valence-electron chi connectivity index (χ2n) is 13.9. The van der Waals surface area contributed by atoms with Crippen molar-refractivity contribution in [1.29, 1.82) is 5.26 Å². The number of aromatic nitrogens is 5. The van der Waals surface area contributed by atoms with Gasteiger partial charge in [-0.05, 0) is 90.3 Å². The SMILES string of the molecule is C[C@H](Oc1cc(-n2ccc(NC(=O)NC[C@@H]3CCCO3)n2)nc(-c2noc3c2CCCC32CCCc3sc(N)c(C#N)c32)n1)[C@@H]1CCCN1C. The van der Waals surface area contributed by atoms with Gasteiger partial charge in [-0.2, -0.15) is 10.2 Å². The molecule has 4 N–H and O–H groups in total. The Morgan fingerprint density at radius 2 is 2.10 bits per heavy atom. The van der Waals surface area contributed by atoms with Crippen molar-refractivity contribution in [2.75, 3.05) is 37.8 Å². The highest BCUT2D eigenvalue weighted by molar-refractivity contribution is 7.16. The number of carbonyl (C=O) groups is 1. The van der Waals surface area contributed by atoms with Crippen molar-refractivity contribution >= 4 is 28.2 Å². The smallest absolute Gasteiger partial charge is 0.320 e. The van der Waals surface area contributed by atoms with Gasteiger partial charge in [-0.25, -0.2) is 14.5 Å². The Labute approximate surface area is 294 Å². The predicted molar refractivity (Wildman–Crippen MR) is 186 cm³/mol. The predicted octanol–water partition coefficient (Wildman–Crippen LogP) is 4.95. The molecule has 4 atom stereocenters. The highest BCUT2D eigenvalue weighted by atomic mass is 32.1. The molecule has 4 aliphatic rings. The lowest BCUT2D eigenvalue weighted by Gasteiger charge is -2.39. The topological polar surface area (TPSA) is 182 Å². The van der Waals surface area contributed by atoms with E-state index in [1.54, 1.807) is 23.0 Å². The number of likely N-dealkylation sites (tertiary alicyclic amines) is 1. The second-order valence-corrected chi connectivity index (χ2v) is 15.0. The van der Waals surface area contributed by atoms with Crippen LogP contribution in [0.2, 0.25) is 0 Å². The van der Waals surface area contributed by atoms with E-state index in [0.29, 0.717) is 46.1 Å². The zero-order valence-corrected chi connectivity index (χ0v) is 29.2. The molecule has 14 nitrogen and oxygen atoms in total. The minimum absolute atomic E-state index is 0.0386. The van der Waals surface area contributed by atoms with Gasteiger partial charge in [0.1, 0.15) is 17.2 Å². The van der Waals surface area contributed by atoms with Crippen molar-refractivity contribution in [3.63, 3.8) is 0 Å². The molecule has 2 aliphatic carbocycles. The van der Waals surface area contributed by atoms with Crippen LogP contribution in [0.4, 0.5) is 15.6 Å². The Hall–Kier alpha value is -4.52. The molecule has 262 valence electrons. The summed E-state index contributed by atoms with van der Waals surface area (Å²) in [5.74, 6) is 2.38. The minimum atomic E-state index is -0.461. The number of hydrogen-bond acceptors (Lipinski definition) is 12. The molecule has 4 aromatic heterocycles. The third kappa shape index (κ3) is 5.88. The van der Waals surface area contributed by atoms with E-state index in [2.05, 4.69) is 45.8 Å². The van der Waals surface area contributed by atoms with Crippen LogP contribution in [0.25, 0.3) is 17.3 Å². The van der Waals surface area contributed by atoms with E-state index in [0.717, 1.165) is 94.2 Å². The van der Waals surface area contributed by atoms with Gasteiger partial charge in [-0.1, -0.05) is 5.16 Å². The monoisotopic (exact) mass is 698 g/mol. The Bertz CT molecular complexity index is 1940. The fourth-order valence-corrected chi connectivity index (χ4v) is 9.56. The van der Waals surface area contributed by atoms with Crippen LogP contribution in [-0.4, -0.2) is 80.8 Å². The van der Waals surface area contributed by atoms with Gasteiger partial charge < -0.3 is 25.0 Å². The second kappa shape index (κ2) is 13.3. The zero-order valence-electron chi connectivity index (χ0n) is 28.4. The number of nitriles is 1. The largest absolute Gasteiger partial charge is 0.473 e. The fourth-order valence-electron chi connectivity index (χ4n) is 8.40. The summed E-state index contributed by atoms with van der Waals surface area (Å²) >= 11 is 1.52. The molecule has 50 heavy (non-hydrogen) atoms. The summed E-state index contributed by atoms with van der Waals surface area (Å²) < 4.78 is 20.0. The number of amides is 2. The Morgan fingerprint density at radius 1 is 1.24 bits per heavy atom. The molecule has 0 aromatic carbocycles. The number of likely N-dealkylation sites (N-methyl/N-ethyl adjacent to an activating group) is 1. The Kier molecular flexibility index (Phi) is 8.70. The van der Waals surface area contributed by atoms with E-state index in [1.807, 2.05) is 0 Å². The maximum atomic E-state index is 12.6. The quantitative estimate of drug-likeness (QED) is 0.226. The molecule has 2 saturated heterocycles. The van der Waals surface area contributed by atoms with Crippen LogP contribution in [0.5, 0.6) is 5.88 Å². The first-order valence-electron chi connectivity index (χ1n) is 17.6. The van der Waals surface area contributed by atoms with Gasteiger partial charge in [0.15, 0.2) is 28.9 Å². The highest BCUT2D eigenvalue weighted by Gasteiger charge is 2.49. The number of nitrogen functional groups attached to an aromatic ring is 1. The number of hydrogen-bond donors (Lipinski definition) is 3. The number of anilines is 2. The number of carbonyl (C=O) groups excluding carboxylic acids is 1. The zero-order chi connectivity index (χ0) is 34.4. The summed E-state index contributed by atoms with van der Waals surface area (Å²) in [4.78, 5) is 25.9. The highest BCUT2D eigenvalue weighted by Crippen LogP contribution is 2.55. The summed E-state index contributed by atoms with van der Waals surface area (Å²) in [5, 5.41) is 25.6. The Morgan fingerprint density at radius 3 is 2.88 bits per heavy atom. The minimum Gasteiger partial charge on any atom is -0.473 e. The van der Waals surface area contributed by atoms with E-state index in [-0.39, 0.29) is 24.3 Å². The number of ether oxygens (including phenoxy) is 2. The molecule has 8 rings (SSSR count). The van der Waals surface area contributed by atoms with Crippen LogP contribution in [0, 0.1) is 11.3 Å². The summed E-state index contributed by atoms with van der Waals surface area (Å²) in [6.07, 6.45) is 11.0. The van der Waals surface area contributed by atoms with Crippen LogP contribution in [0.15, 0.2) is 22.9 Å². The van der Waals surface area contributed by atoms with Crippen molar-refractivity contribution in [1.82, 2.24) is 35.1 Å². The van der Waals surface area contributed by atoms with Crippen LogP contribution in [0.3, 0.4) is 0 Å². The lowest BCUT2D eigenvalue weighted by molar-refractivity contribution is 0.112. The van der Waals surface area contributed by atoms with Gasteiger partial charge >= 0.3 is 6.03 Å². The fraction of sp³-hybridized carbons (Fsp3) is 0.543. The molecule has 0 radical (unpaired) electrons. The van der Waals surface area contributed by atoms with E-state index >= 15 is 0 Å². The van der Waals surface area contributed by atoms with Gasteiger partial charge in [0, 0.05) is 48.0 Å². The lowest BCUT2D eigenvalue weighted by atomic mass is 9.63. The van der Waals surface area contributed by atoms with Crippen molar-refractivity contribution in [3.8, 4) is 29.3 Å². The first kappa shape index (κ1) is 32.7. The van der Waals surface area contributed by atoms with Crippen LogP contribution >= 0.6 is 11.3 Å². The van der Waals surface area contributed by atoms with Crippen molar-refractivity contribution in [2.24, 2.45) is 0 Å². The number of rotatable bonds is 8. The molecule has 1 unspecified atom stereocenters. The third-order valence-electron chi connectivity index (χ3n) is 10.8. The first-order chi connectivity index (χ1) is 24.3. The van der Waals surface area contributed by atoms with Crippen LogP contribution < -0.4 is 21.1 Å². The maximum absolute atomic E-state index is 12.6. The van der Waals surface area contributed by atoms with E-state index in [1.165, 1.54) is 16.2 Å². The van der Waals surface area contributed by atoms with E-state index < -0.39 is 5.41 Å². The average Bonchev–Trinajstić information content (AvgIpc) is 3.95. The van der Waals surface area contributed by atoms with Gasteiger partial charge in [-0.3, -0.25) is 10.2 Å². The molecule has 2 amide bonds.